The summed E-state index contributed by atoms with van der Waals surface area (Å²) in [4.78, 5) is 0. The monoisotopic (exact) mass is 146 g/mol. The van der Waals surface area contributed by atoms with E-state index in [4.69, 9.17) is 5.11 Å². The van der Waals surface area contributed by atoms with Crippen molar-refractivity contribution in [3.05, 3.63) is 0 Å². The van der Waals surface area contributed by atoms with Crippen LogP contribution in [0.5, 0.6) is 0 Å². The summed E-state index contributed by atoms with van der Waals surface area (Å²) in [7, 11) is 0. The molecule has 0 bridgehead atoms. The van der Waals surface area contributed by atoms with Crippen molar-refractivity contribution in [2.75, 3.05) is 0 Å². The van der Waals surface area contributed by atoms with Gasteiger partial charge < -0.3 is 10.2 Å². The maximum Gasteiger partial charge on any atom is 0.0592 e. The molecule has 0 spiro atoms. The highest BCUT2D eigenvalue weighted by molar-refractivity contribution is 4.67. The summed E-state index contributed by atoms with van der Waals surface area (Å²) in [5.74, 6) is 0. The Labute approximate surface area is 62.9 Å². The minimum absolute atomic E-state index is 0.244. The van der Waals surface area contributed by atoms with Gasteiger partial charge in [-0.25, -0.2) is 0 Å². The molecule has 2 N–H and O–H groups in total. The van der Waals surface area contributed by atoms with Crippen molar-refractivity contribution in [1.82, 2.24) is 0 Å². The molecule has 0 aliphatic carbocycles. The molecule has 0 saturated carbocycles. The quantitative estimate of drug-likeness (QED) is 0.627. The lowest BCUT2D eigenvalue weighted by atomic mass is 10.00. The van der Waals surface area contributed by atoms with Crippen LogP contribution in [0.3, 0.4) is 0 Å². The summed E-state index contributed by atoms with van der Waals surface area (Å²) in [5.41, 5.74) is -0.629. The zero-order chi connectivity index (χ0) is 8.20. The second-order valence-electron chi connectivity index (χ2n) is 3.41. The van der Waals surface area contributed by atoms with Gasteiger partial charge in [0.25, 0.3) is 0 Å². The smallest absolute Gasteiger partial charge is 0.0592 e. The summed E-state index contributed by atoms with van der Waals surface area (Å²) in [6, 6.07) is 0. The predicted molar refractivity (Wildman–Crippen MR) is 41.8 cm³/mol. The predicted octanol–water partition coefficient (Wildman–Crippen LogP) is 1.31. The fourth-order valence-electron chi connectivity index (χ4n) is 0.724. The Morgan fingerprint density at radius 3 is 2.20 bits per heavy atom. The molecule has 0 rings (SSSR count). The Balaban J connectivity index is 3.36. The van der Waals surface area contributed by atoms with Gasteiger partial charge in [0.15, 0.2) is 0 Å². The number of aliphatic hydroxyl groups excluding tert-OH is 1. The maximum absolute atomic E-state index is 9.25. The van der Waals surface area contributed by atoms with Gasteiger partial charge in [-0.1, -0.05) is 6.92 Å². The molecule has 0 aromatic carbocycles. The van der Waals surface area contributed by atoms with Crippen LogP contribution in [0.15, 0.2) is 0 Å². The highest BCUT2D eigenvalue weighted by Gasteiger charge is 2.13. The standard InChI is InChI=1S/C8H18O2/c1-4-7(9)5-6-8(2,3)10/h7,9-10H,4-6H2,1-3H3/t7-/m1/s1. The molecule has 0 fully saturated rings. The second-order valence-corrected chi connectivity index (χ2v) is 3.41. The first kappa shape index (κ1) is 9.92. The van der Waals surface area contributed by atoms with Crippen LogP contribution in [0.1, 0.15) is 40.0 Å². The Morgan fingerprint density at radius 1 is 1.40 bits per heavy atom. The van der Waals surface area contributed by atoms with E-state index in [1.54, 1.807) is 13.8 Å². The second kappa shape index (κ2) is 3.94. The van der Waals surface area contributed by atoms with Crippen molar-refractivity contribution < 1.29 is 10.2 Å². The van der Waals surface area contributed by atoms with Crippen LogP contribution >= 0.6 is 0 Å². The van der Waals surface area contributed by atoms with Gasteiger partial charge in [0.2, 0.25) is 0 Å². The van der Waals surface area contributed by atoms with E-state index in [-0.39, 0.29) is 6.10 Å². The van der Waals surface area contributed by atoms with Crippen molar-refractivity contribution in [1.29, 1.82) is 0 Å². The lowest BCUT2D eigenvalue weighted by Gasteiger charge is -2.18. The van der Waals surface area contributed by atoms with E-state index >= 15 is 0 Å². The molecule has 2 nitrogen and oxygen atoms in total. The maximum atomic E-state index is 9.25. The largest absolute Gasteiger partial charge is 0.393 e. The Hall–Kier alpha value is -0.0800. The van der Waals surface area contributed by atoms with E-state index in [0.29, 0.717) is 12.8 Å². The van der Waals surface area contributed by atoms with Crippen LogP contribution < -0.4 is 0 Å². The van der Waals surface area contributed by atoms with E-state index in [9.17, 15) is 5.11 Å². The van der Waals surface area contributed by atoms with E-state index in [2.05, 4.69) is 0 Å². The Bertz CT molecular complexity index is 83.7. The fourth-order valence-corrected chi connectivity index (χ4v) is 0.724. The first-order chi connectivity index (χ1) is 4.45. The number of rotatable bonds is 4. The summed E-state index contributed by atoms with van der Waals surface area (Å²) >= 11 is 0. The van der Waals surface area contributed by atoms with Crippen molar-refractivity contribution >= 4 is 0 Å². The first-order valence-electron chi connectivity index (χ1n) is 3.86. The number of hydrogen-bond acceptors (Lipinski definition) is 2. The Morgan fingerprint density at radius 2 is 1.90 bits per heavy atom. The zero-order valence-corrected chi connectivity index (χ0v) is 7.09. The van der Waals surface area contributed by atoms with Gasteiger partial charge in [0.1, 0.15) is 0 Å². The molecular formula is C8H18O2. The van der Waals surface area contributed by atoms with E-state index in [1.165, 1.54) is 0 Å². The van der Waals surface area contributed by atoms with E-state index < -0.39 is 5.60 Å². The van der Waals surface area contributed by atoms with Crippen molar-refractivity contribution in [3.8, 4) is 0 Å². The van der Waals surface area contributed by atoms with Crippen LogP contribution in [0.4, 0.5) is 0 Å². The van der Waals surface area contributed by atoms with Gasteiger partial charge in [-0.3, -0.25) is 0 Å². The number of hydrogen-bond donors (Lipinski definition) is 2. The molecule has 0 aliphatic rings. The molecule has 0 radical (unpaired) electrons. The topological polar surface area (TPSA) is 40.5 Å². The van der Waals surface area contributed by atoms with E-state index in [1.807, 2.05) is 6.92 Å². The van der Waals surface area contributed by atoms with Crippen molar-refractivity contribution in [3.63, 3.8) is 0 Å². The van der Waals surface area contributed by atoms with Gasteiger partial charge >= 0.3 is 0 Å². The average Bonchev–Trinajstić information content (AvgIpc) is 1.81. The van der Waals surface area contributed by atoms with Crippen LogP contribution in [-0.4, -0.2) is 21.9 Å². The average molecular weight is 146 g/mol. The highest BCUT2D eigenvalue weighted by atomic mass is 16.3. The number of aliphatic hydroxyl groups is 2. The molecule has 0 heterocycles. The Kier molecular flexibility index (Phi) is 3.91. The molecule has 1 atom stereocenters. The van der Waals surface area contributed by atoms with Gasteiger partial charge in [-0.15, -0.1) is 0 Å². The molecule has 0 unspecified atom stereocenters. The fraction of sp³-hybridized carbons (Fsp3) is 1.00. The van der Waals surface area contributed by atoms with Crippen molar-refractivity contribution in [2.24, 2.45) is 0 Å². The molecule has 0 amide bonds. The van der Waals surface area contributed by atoms with Crippen LogP contribution in [0.2, 0.25) is 0 Å². The molecule has 10 heavy (non-hydrogen) atoms. The van der Waals surface area contributed by atoms with Crippen LogP contribution in [0.25, 0.3) is 0 Å². The minimum atomic E-state index is -0.629. The zero-order valence-electron chi connectivity index (χ0n) is 7.09. The molecule has 0 aromatic rings. The summed E-state index contributed by atoms with van der Waals surface area (Å²) < 4.78 is 0. The SMILES string of the molecule is CC[C@@H](O)CCC(C)(C)O. The molecule has 0 aromatic heterocycles. The van der Waals surface area contributed by atoms with Gasteiger partial charge in [0, 0.05) is 0 Å². The highest BCUT2D eigenvalue weighted by Crippen LogP contribution is 2.12. The van der Waals surface area contributed by atoms with Crippen LogP contribution in [-0.2, 0) is 0 Å². The molecule has 62 valence electrons. The third-order valence-corrected chi connectivity index (χ3v) is 1.56. The van der Waals surface area contributed by atoms with Crippen molar-refractivity contribution in [2.45, 2.75) is 51.7 Å². The molecule has 2 heteroatoms. The lowest BCUT2D eigenvalue weighted by Crippen LogP contribution is -2.21. The minimum Gasteiger partial charge on any atom is -0.393 e. The van der Waals surface area contributed by atoms with Gasteiger partial charge in [-0.05, 0) is 33.1 Å². The summed E-state index contributed by atoms with van der Waals surface area (Å²) in [5, 5.41) is 18.4. The first-order valence-corrected chi connectivity index (χ1v) is 3.86. The third-order valence-electron chi connectivity index (χ3n) is 1.56. The third kappa shape index (κ3) is 6.05. The normalized spacial score (nSPS) is 15.3. The molecule has 0 saturated heterocycles. The van der Waals surface area contributed by atoms with Gasteiger partial charge in [-0.2, -0.15) is 0 Å². The molecule has 0 aliphatic heterocycles. The van der Waals surface area contributed by atoms with Gasteiger partial charge in [0.05, 0.1) is 11.7 Å². The lowest BCUT2D eigenvalue weighted by molar-refractivity contribution is 0.0480. The van der Waals surface area contributed by atoms with Crippen LogP contribution in [0, 0.1) is 0 Å². The van der Waals surface area contributed by atoms with E-state index in [0.717, 1.165) is 6.42 Å². The molecular weight excluding hydrogens is 128 g/mol. The summed E-state index contributed by atoms with van der Waals surface area (Å²) in [6.07, 6.45) is 1.89. The summed E-state index contributed by atoms with van der Waals surface area (Å²) in [6.45, 7) is 5.46.